The minimum Gasteiger partial charge on any atom is -0.448 e. The topological polar surface area (TPSA) is 40.4 Å². The van der Waals surface area contributed by atoms with E-state index in [2.05, 4.69) is 19.2 Å². The molecule has 0 saturated carbocycles. The molecular weight excluding hydrogens is 142 g/mol. The van der Waals surface area contributed by atoms with Gasteiger partial charge in [-0.15, -0.1) is 0 Å². The van der Waals surface area contributed by atoms with Crippen LogP contribution in [0.25, 0.3) is 0 Å². The molecule has 0 heterocycles. The molecule has 0 aliphatic carbocycles. The Bertz CT molecular complexity index is 113. The van der Waals surface area contributed by atoms with Crippen molar-refractivity contribution in [2.24, 2.45) is 5.92 Å². The van der Waals surface area contributed by atoms with Crippen LogP contribution in [0.3, 0.4) is 0 Å². The van der Waals surface area contributed by atoms with E-state index in [-0.39, 0.29) is 0 Å². The molecule has 3 heteroatoms. The lowest BCUT2D eigenvalue weighted by atomic mass is 10.1. The standard InChI is InChI=1S/C8H16NO2/c1-7(2)5-4-6-11-8(10)9-3/h7H,4-6H2,1-3H3. The summed E-state index contributed by atoms with van der Waals surface area (Å²) < 4.78 is 4.74. The van der Waals surface area contributed by atoms with E-state index < -0.39 is 6.09 Å². The second-order valence-corrected chi connectivity index (χ2v) is 2.87. The summed E-state index contributed by atoms with van der Waals surface area (Å²) in [6.45, 7) is 4.78. The second kappa shape index (κ2) is 6.01. The first-order valence-corrected chi connectivity index (χ1v) is 3.93. The summed E-state index contributed by atoms with van der Waals surface area (Å²) >= 11 is 0. The highest BCUT2D eigenvalue weighted by Gasteiger charge is 1.99. The molecule has 11 heavy (non-hydrogen) atoms. The van der Waals surface area contributed by atoms with E-state index in [0.717, 1.165) is 12.8 Å². The van der Waals surface area contributed by atoms with Gasteiger partial charge in [0.15, 0.2) is 0 Å². The average Bonchev–Trinajstić information content (AvgIpc) is 1.97. The van der Waals surface area contributed by atoms with E-state index >= 15 is 0 Å². The highest BCUT2D eigenvalue weighted by molar-refractivity contribution is 5.66. The summed E-state index contributed by atoms with van der Waals surface area (Å²) in [5.41, 5.74) is 0. The molecule has 0 aliphatic heterocycles. The molecule has 0 aliphatic rings. The van der Waals surface area contributed by atoms with Gasteiger partial charge in [0.25, 0.3) is 0 Å². The van der Waals surface area contributed by atoms with Gasteiger partial charge in [-0.2, -0.15) is 0 Å². The first kappa shape index (κ1) is 10.3. The van der Waals surface area contributed by atoms with E-state index in [4.69, 9.17) is 4.74 Å². The van der Waals surface area contributed by atoms with E-state index in [9.17, 15) is 4.79 Å². The van der Waals surface area contributed by atoms with E-state index in [1.807, 2.05) is 0 Å². The third-order valence-electron chi connectivity index (χ3n) is 1.33. The molecule has 0 spiro atoms. The van der Waals surface area contributed by atoms with Crippen molar-refractivity contribution in [3.05, 3.63) is 0 Å². The molecule has 0 saturated heterocycles. The first-order chi connectivity index (χ1) is 5.16. The van der Waals surface area contributed by atoms with Crippen LogP contribution in [-0.4, -0.2) is 19.7 Å². The van der Waals surface area contributed by atoms with Gasteiger partial charge >= 0.3 is 6.09 Å². The molecule has 0 rings (SSSR count). The van der Waals surface area contributed by atoms with Crippen LogP contribution in [0.1, 0.15) is 26.7 Å². The largest absolute Gasteiger partial charge is 0.448 e. The monoisotopic (exact) mass is 158 g/mol. The quantitative estimate of drug-likeness (QED) is 0.585. The number of hydrogen-bond acceptors (Lipinski definition) is 2. The molecule has 0 aromatic carbocycles. The summed E-state index contributed by atoms with van der Waals surface area (Å²) in [5.74, 6) is 0.673. The van der Waals surface area contributed by atoms with Crippen LogP contribution in [0.4, 0.5) is 4.79 Å². The maximum atomic E-state index is 10.5. The minimum atomic E-state index is -0.464. The lowest BCUT2D eigenvalue weighted by Gasteiger charge is -2.04. The Balaban J connectivity index is 3.08. The molecule has 0 N–H and O–H groups in total. The van der Waals surface area contributed by atoms with Gasteiger partial charge in [-0.1, -0.05) is 13.8 Å². The Kier molecular flexibility index (Phi) is 5.61. The molecule has 1 amide bonds. The third kappa shape index (κ3) is 7.16. The van der Waals surface area contributed by atoms with Crippen LogP contribution in [0.15, 0.2) is 0 Å². The van der Waals surface area contributed by atoms with Gasteiger partial charge in [0.2, 0.25) is 0 Å². The van der Waals surface area contributed by atoms with Crippen LogP contribution >= 0.6 is 0 Å². The third-order valence-corrected chi connectivity index (χ3v) is 1.33. The number of carbonyl (C=O) groups excluding carboxylic acids is 1. The molecule has 0 atom stereocenters. The summed E-state index contributed by atoms with van der Waals surface area (Å²) in [6.07, 6.45) is 1.56. The molecule has 0 aromatic rings. The Labute approximate surface area is 68.1 Å². The van der Waals surface area contributed by atoms with Crippen molar-refractivity contribution in [1.29, 1.82) is 0 Å². The van der Waals surface area contributed by atoms with Crippen LogP contribution in [0.5, 0.6) is 0 Å². The fourth-order valence-corrected chi connectivity index (χ4v) is 0.716. The van der Waals surface area contributed by atoms with Gasteiger partial charge < -0.3 is 4.74 Å². The lowest BCUT2D eigenvalue weighted by molar-refractivity contribution is 0.144. The summed E-state index contributed by atoms with van der Waals surface area (Å²) in [4.78, 5) is 10.5. The fraction of sp³-hybridized carbons (Fsp3) is 0.875. The summed E-state index contributed by atoms with van der Waals surface area (Å²) in [5, 5.41) is 3.34. The van der Waals surface area contributed by atoms with Crippen molar-refractivity contribution in [2.45, 2.75) is 26.7 Å². The lowest BCUT2D eigenvalue weighted by Crippen LogP contribution is -2.13. The van der Waals surface area contributed by atoms with Gasteiger partial charge in [0, 0.05) is 7.05 Å². The SMILES string of the molecule is C[N]C(=O)OCCCC(C)C. The Morgan fingerprint density at radius 2 is 2.18 bits per heavy atom. The molecule has 3 nitrogen and oxygen atoms in total. The van der Waals surface area contributed by atoms with Crippen LogP contribution in [0.2, 0.25) is 0 Å². The Hall–Kier alpha value is -0.730. The predicted octanol–water partition coefficient (Wildman–Crippen LogP) is 1.79. The van der Waals surface area contributed by atoms with Crippen LogP contribution in [0, 0.1) is 5.92 Å². The van der Waals surface area contributed by atoms with Gasteiger partial charge in [0.05, 0.1) is 6.61 Å². The Morgan fingerprint density at radius 1 is 1.55 bits per heavy atom. The Morgan fingerprint density at radius 3 is 2.64 bits per heavy atom. The van der Waals surface area contributed by atoms with Crippen molar-refractivity contribution in [3.63, 3.8) is 0 Å². The molecule has 0 aromatic heterocycles. The van der Waals surface area contributed by atoms with Gasteiger partial charge in [-0.25, -0.2) is 10.1 Å². The highest BCUT2D eigenvalue weighted by Crippen LogP contribution is 2.02. The van der Waals surface area contributed by atoms with Gasteiger partial charge in [-0.05, 0) is 18.8 Å². The zero-order valence-electron chi connectivity index (χ0n) is 7.46. The number of rotatable bonds is 4. The maximum absolute atomic E-state index is 10.5. The van der Waals surface area contributed by atoms with Gasteiger partial charge in [0.1, 0.15) is 0 Å². The fourth-order valence-electron chi connectivity index (χ4n) is 0.716. The molecule has 1 radical (unpaired) electrons. The zero-order chi connectivity index (χ0) is 8.69. The smallest absolute Gasteiger partial charge is 0.428 e. The van der Waals surface area contributed by atoms with Gasteiger partial charge in [-0.3, -0.25) is 0 Å². The normalized spacial score (nSPS) is 9.82. The molecule has 0 bridgehead atoms. The van der Waals surface area contributed by atoms with Crippen LogP contribution < -0.4 is 5.32 Å². The molecule has 0 fully saturated rings. The van der Waals surface area contributed by atoms with Crippen molar-refractivity contribution in [1.82, 2.24) is 5.32 Å². The first-order valence-electron chi connectivity index (χ1n) is 3.93. The molecule has 0 unspecified atom stereocenters. The van der Waals surface area contributed by atoms with Crippen molar-refractivity contribution < 1.29 is 9.53 Å². The predicted molar refractivity (Wildman–Crippen MR) is 43.5 cm³/mol. The van der Waals surface area contributed by atoms with Crippen molar-refractivity contribution >= 4 is 6.09 Å². The summed E-state index contributed by atoms with van der Waals surface area (Å²) in [6, 6.07) is 0. The van der Waals surface area contributed by atoms with E-state index in [1.54, 1.807) is 0 Å². The molecule has 65 valence electrons. The number of ether oxygens (including phenoxy) is 1. The number of carbonyl (C=O) groups is 1. The summed E-state index contributed by atoms with van der Waals surface area (Å²) in [7, 11) is 1.44. The number of nitrogens with zero attached hydrogens (tertiary/aromatic N) is 1. The van der Waals surface area contributed by atoms with E-state index in [0.29, 0.717) is 12.5 Å². The van der Waals surface area contributed by atoms with E-state index in [1.165, 1.54) is 7.05 Å². The van der Waals surface area contributed by atoms with Crippen molar-refractivity contribution in [2.75, 3.05) is 13.7 Å². The van der Waals surface area contributed by atoms with Crippen LogP contribution in [-0.2, 0) is 4.74 Å². The zero-order valence-corrected chi connectivity index (χ0v) is 7.46. The maximum Gasteiger partial charge on any atom is 0.428 e. The average molecular weight is 158 g/mol. The molecular formula is C8H16NO2. The second-order valence-electron chi connectivity index (χ2n) is 2.87. The van der Waals surface area contributed by atoms with Crippen molar-refractivity contribution in [3.8, 4) is 0 Å². The minimum absolute atomic E-state index is 0.464. The number of hydrogen-bond donors (Lipinski definition) is 0. The number of amides is 1. The highest BCUT2D eigenvalue weighted by atomic mass is 16.5.